The minimum Gasteiger partial charge on any atom is -0.481 e. The van der Waals surface area contributed by atoms with Gasteiger partial charge in [0.15, 0.2) is 0 Å². The molecule has 5 aliphatic carbocycles. The van der Waals surface area contributed by atoms with Crippen molar-refractivity contribution in [2.24, 2.45) is 50.2 Å². The van der Waals surface area contributed by atoms with Gasteiger partial charge >= 0.3 is 5.97 Å². The van der Waals surface area contributed by atoms with Crippen LogP contribution < -0.4 is 0 Å². The molecule has 0 unspecified atom stereocenters. The standard InChI is InChI=1S/C30H46O2/c1-25(2)15-17-30(24(31)32)18-16-28(6)20(21(30)19-25)9-10-23-27(5)13-8-12-26(3,4)22(27)11-14-29(23,28)7/h8-9,12,21-23H,10-11,13-19H2,1-7H3,(H,31,32)/t21-,22-,23+,27-,28+,29+,30-/m0/s1. The molecule has 0 bridgehead atoms. The summed E-state index contributed by atoms with van der Waals surface area (Å²) in [7, 11) is 0. The molecular formula is C30H46O2. The van der Waals surface area contributed by atoms with E-state index >= 15 is 0 Å². The summed E-state index contributed by atoms with van der Waals surface area (Å²) in [6.07, 6.45) is 17.4. The van der Waals surface area contributed by atoms with Crippen molar-refractivity contribution in [2.45, 2.75) is 106 Å². The Morgan fingerprint density at radius 1 is 0.938 bits per heavy atom. The van der Waals surface area contributed by atoms with E-state index in [-0.39, 0.29) is 27.6 Å². The van der Waals surface area contributed by atoms with Gasteiger partial charge in [0.25, 0.3) is 0 Å². The molecule has 7 atom stereocenters. The fraction of sp³-hybridized carbons (Fsp3) is 0.833. The average Bonchev–Trinajstić information content (AvgIpc) is 2.67. The Kier molecular flexibility index (Phi) is 4.65. The smallest absolute Gasteiger partial charge is 0.310 e. The highest BCUT2D eigenvalue weighted by Crippen LogP contribution is 2.75. The van der Waals surface area contributed by atoms with Gasteiger partial charge in [-0.1, -0.05) is 72.3 Å². The monoisotopic (exact) mass is 438 g/mol. The highest BCUT2D eigenvalue weighted by atomic mass is 16.4. The van der Waals surface area contributed by atoms with E-state index in [1.165, 1.54) is 19.3 Å². The topological polar surface area (TPSA) is 37.3 Å². The van der Waals surface area contributed by atoms with Gasteiger partial charge < -0.3 is 5.11 Å². The maximum Gasteiger partial charge on any atom is 0.310 e. The summed E-state index contributed by atoms with van der Waals surface area (Å²) in [6, 6.07) is 0. The van der Waals surface area contributed by atoms with Gasteiger partial charge in [0.1, 0.15) is 0 Å². The molecule has 5 aliphatic rings. The fourth-order valence-corrected chi connectivity index (χ4v) is 10.2. The summed E-state index contributed by atoms with van der Waals surface area (Å²) >= 11 is 0. The van der Waals surface area contributed by atoms with Crippen LogP contribution in [0.5, 0.6) is 0 Å². The molecule has 5 rings (SSSR count). The van der Waals surface area contributed by atoms with E-state index in [1.54, 1.807) is 5.57 Å². The number of aliphatic carboxylic acids is 1. The Balaban J connectivity index is 1.61. The predicted octanol–water partition coefficient (Wildman–Crippen LogP) is 8.04. The molecule has 1 N–H and O–H groups in total. The third kappa shape index (κ3) is 2.67. The van der Waals surface area contributed by atoms with Crippen LogP contribution in [0.4, 0.5) is 0 Å². The van der Waals surface area contributed by atoms with Crippen molar-refractivity contribution in [3.8, 4) is 0 Å². The molecule has 0 aromatic carbocycles. The van der Waals surface area contributed by atoms with Crippen molar-refractivity contribution in [1.82, 2.24) is 0 Å². The fourth-order valence-electron chi connectivity index (χ4n) is 10.2. The molecule has 0 saturated heterocycles. The molecule has 0 spiro atoms. The van der Waals surface area contributed by atoms with Gasteiger partial charge in [-0.3, -0.25) is 4.79 Å². The minimum absolute atomic E-state index is 0.131. The third-order valence-electron chi connectivity index (χ3n) is 12.3. The second-order valence-electron chi connectivity index (χ2n) is 14.6. The maximum atomic E-state index is 12.7. The van der Waals surface area contributed by atoms with Gasteiger partial charge in [0.2, 0.25) is 0 Å². The van der Waals surface area contributed by atoms with Crippen molar-refractivity contribution >= 4 is 5.97 Å². The van der Waals surface area contributed by atoms with E-state index in [2.05, 4.69) is 66.7 Å². The molecule has 0 aliphatic heterocycles. The summed E-state index contributed by atoms with van der Waals surface area (Å²) in [5, 5.41) is 10.5. The average molecular weight is 439 g/mol. The summed E-state index contributed by atoms with van der Waals surface area (Å²) < 4.78 is 0. The van der Waals surface area contributed by atoms with E-state index < -0.39 is 11.4 Å². The molecule has 178 valence electrons. The van der Waals surface area contributed by atoms with Crippen LogP contribution in [-0.4, -0.2) is 11.1 Å². The van der Waals surface area contributed by atoms with E-state index in [4.69, 9.17) is 0 Å². The Hall–Kier alpha value is -1.05. The van der Waals surface area contributed by atoms with E-state index in [0.717, 1.165) is 44.4 Å². The summed E-state index contributed by atoms with van der Waals surface area (Å²) in [6.45, 7) is 17.4. The maximum absolute atomic E-state index is 12.7. The normalized spacial score (nSPS) is 50.8. The zero-order chi connectivity index (χ0) is 23.4. The first-order chi connectivity index (χ1) is 14.7. The van der Waals surface area contributed by atoms with E-state index in [9.17, 15) is 9.90 Å². The SMILES string of the molecule is CC1(C)CC[C@]2(C(=O)O)CC[C@]3(C)C(=CC[C@@H]4[C@@]5(C)CC=CC(C)(C)[C@@H]5CC[C@]43C)[C@@H]2C1. The molecule has 32 heavy (non-hydrogen) atoms. The molecular weight excluding hydrogens is 392 g/mol. The lowest BCUT2D eigenvalue weighted by Crippen LogP contribution is -2.63. The van der Waals surface area contributed by atoms with Crippen LogP contribution in [0.25, 0.3) is 0 Å². The molecule has 0 amide bonds. The Morgan fingerprint density at radius 3 is 2.31 bits per heavy atom. The Morgan fingerprint density at radius 2 is 1.62 bits per heavy atom. The molecule has 2 heteroatoms. The van der Waals surface area contributed by atoms with Gasteiger partial charge in [-0.05, 0) is 103 Å². The highest BCUT2D eigenvalue weighted by molar-refractivity contribution is 5.76. The summed E-state index contributed by atoms with van der Waals surface area (Å²) in [5.74, 6) is 1.11. The first-order valence-corrected chi connectivity index (χ1v) is 13.3. The van der Waals surface area contributed by atoms with E-state index in [0.29, 0.717) is 11.3 Å². The van der Waals surface area contributed by atoms with Gasteiger partial charge in [-0.2, -0.15) is 0 Å². The van der Waals surface area contributed by atoms with Gasteiger partial charge in [0, 0.05) is 0 Å². The first kappa shape index (κ1) is 22.7. The molecule has 3 saturated carbocycles. The van der Waals surface area contributed by atoms with Crippen LogP contribution >= 0.6 is 0 Å². The molecule has 3 fully saturated rings. The lowest BCUT2D eigenvalue weighted by atomic mass is 9.34. The zero-order valence-corrected chi connectivity index (χ0v) is 21.7. The zero-order valence-electron chi connectivity index (χ0n) is 21.7. The lowest BCUT2D eigenvalue weighted by molar-refractivity contribution is -0.177. The summed E-state index contributed by atoms with van der Waals surface area (Å²) in [4.78, 5) is 12.7. The van der Waals surface area contributed by atoms with Crippen molar-refractivity contribution in [2.75, 3.05) is 0 Å². The molecule has 2 nitrogen and oxygen atoms in total. The van der Waals surface area contributed by atoms with Gasteiger partial charge in [0.05, 0.1) is 5.41 Å². The van der Waals surface area contributed by atoms with Gasteiger partial charge in [-0.15, -0.1) is 0 Å². The number of allylic oxidation sites excluding steroid dienone is 4. The molecule has 0 aromatic heterocycles. The van der Waals surface area contributed by atoms with Gasteiger partial charge in [-0.25, -0.2) is 0 Å². The second-order valence-corrected chi connectivity index (χ2v) is 14.6. The summed E-state index contributed by atoms with van der Waals surface area (Å²) in [5.41, 5.74) is 2.26. The van der Waals surface area contributed by atoms with Crippen LogP contribution in [0.3, 0.4) is 0 Å². The van der Waals surface area contributed by atoms with Crippen molar-refractivity contribution in [3.05, 3.63) is 23.8 Å². The minimum atomic E-state index is -0.527. The van der Waals surface area contributed by atoms with E-state index in [1.807, 2.05) is 0 Å². The number of hydrogen-bond donors (Lipinski definition) is 1. The van der Waals surface area contributed by atoms with Crippen molar-refractivity contribution in [1.29, 1.82) is 0 Å². The van der Waals surface area contributed by atoms with Crippen LogP contribution in [-0.2, 0) is 4.79 Å². The van der Waals surface area contributed by atoms with Crippen LogP contribution in [0.2, 0.25) is 0 Å². The van der Waals surface area contributed by atoms with Crippen LogP contribution in [0, 0.1) is 50.2 Å². The number of hydrogen-bond acceptors (Lipinski definition) is 1. The predicted molar refractivity (Wildman–Crippen MR) is 131 cm³/mol. The third-order valence-corrected chi connectivity index (χ3v) is 12.3. The highest BCUT2D eigenvalue weighted by Gasteiger charge is 2.68. The number of fused-ring (bicyclic) bond motifs is 7. The number of carboxylic acids is 1. The van der Waals surface area contributed by atoms with Crippen molar-refractivity contribution in [3.63, 3.8) is 0 Å². The largest absolute Gasteiger partial charge is 0.481 e. The second kappa shape index (κ2) is 6.54. The lowest BCUT2D eigenvalue weighted by Gasteiger charge is -2.70. The van der Waals surface area contributed by atoms with Crippen LogP contribution in [0.1, 0.15) is 106 Å². The Bertz CT molecular complexity index is 893. The molecule has 0 aromatic rings. The van der Waals surface area contributed by atoms with Crippen molar-refractivity contribution < 1.29 is 9.90 Å². The molecule has 0 heterocycles. The number of rotatable bonds is 1. The van der Waals surface area contributed by atoms with Crippen LogP contribution in [0.15, 0.2) is 23.8 Å². The first-order valence-electron chi connectivity index (χ1n) is 13.3. The number of carboxylic acid groups (broad SMARTS) is 1. The molecule has 0 radical (unpaired) electrons. The number of carbonyl (C=O) groups is 1. The Labute approximate surface area is 196 Å². The quantitative estimate of drug-likeness (QED) is 0.421.